The van der Waals surface area contributed by atoms with Crippen LogP contribution in [-0.2, 0) is 4.79 Å². The van der Waals surface area contributed by atoms with E-state index in [1.54, 1.807) is 0 Å². The fraction of sp³-hybridized carbons (Fsp3) is 0.562. The molecular formula is C16H25N3O. The van der Waals surface area contributed by atoms with Gasteiger partial charge in [-0.25, -0.2) is 0 Å². The molecule has 1 aliphatic rings. The second-order valence-electron chi connectivity index (χ2n) is 5.55. The molecule has 1 fully saturated rings. The number of hydrogen-bond donors (Lipinski definition) is 2. The van der Waals surface area contributed by atoms with Gasteiger partial charge in [0.2, 0.25) is 5.91 Å². The van der Waals surface area contributed by atoms with Crippen LogP contribution < -0.4 is 10.6 Å². The minimum Gasteiger partial charge on any atom is -0.382 e. The van der Waals surface area contributed by atoms with Crippen LogP contribution in [-0.4, -0.2) is 37.0 Å². The Hall–Kier alpha value is -1.55. The Morgan fingerprint density at radius 3 is 2.60 bits per heavy atom. The zero-order valence-corrected chi connectivity index (χ0v) is 12.5. The second-order valence-corrected chi connectivity index (χ2v) is 5.55. The van der Waals surface area contributed by atoms with Crippen LogP contribution in [0.25, 0.3) is 0 Å². The van der Waals surface area contributed by atoms with Crippen molar-refractivity contribution in [2.75, 3.05) is 30.8 Å². The predicted molar refractivity (Wildman–Crippen MR) is 84.1 cm³/mol. The van der Waals surface area contributed by atoms with Crippen LogP contribution >= 0.6 is 0 Å². The minimum atomic E-state index is 0.0533. The van der Waals surface area contributed by atoms with Crippen molar-refractivity contribution >= 4 is 17.3 Å². The standard InChI is InChI=1S/C16H25N3O/c1-3-16(20)18-15-8-6-14(7-9-15)17-13-5-4-11-19(2)12-10-13/h6-9,13,17H,3-5,10-12H2,1-2H3,(H,18,20). The molecule has 1 unspecified atom stereocenters. The molecule has 1 aromatic rings. The average Bonchev–Trinajstić information content (AvgIpc) is 2.66. The number of rotatable bonds is 4. The van der Waals surface area contributed by atoms with Crippen molar-refractivity contribution in [2.24, 2.45) is 0 Å². The van der Waals surface area contributed by atoms with Crippen LogP contribution in [0.5, 0.6) is 0 Å². The van der Waals surface area contributed by atoms with E-state index >= 15 is 0 Å². The smallest absolute Gasteiger partial charge is 0.224 e. The van der Waals surface area contributed by atoms with Gasteiger partial charge in [-0.1, -0.05) is 6.92 Å². The fourth-order valence-electron chi connectivity index (χ4n) is 2.52. The Bertz CT molecular complexity index is 430. The first-order chi connectivity index (χ1) is 9.67. The third kappa shape index (κ3) is 4.53. The van der Waals surface area contributed by atoms with Gasteiger partial charge in [-0.05, 0) is 63.7 Å². The van der Waals surface area contributed by atoms with Crippen molar-refractivity contribution in [1.29, 1.82) is 0 Å². The summed E-state index contributed by atoms with van der Waals surface area (Å²) in [6.45, 7) is 4.21. The number of nitrogens with one attached hydrogen (secondary N) is 2. The molecule has 0 aliphatic carbocycles. The summed E-state index contributed by atoms with van der Waals surface area (Å²) in [6, 6.07) is 8.55. The van der Waals surface area contributed by atoms with Gasteiger partial charge in [0.25, 0.3) is 0 Å². The van der Waals surface area contributed by atoms with Crippen LogP contribution in [0.4, 0.5) is 11.4 Å². The Morgan fingerprint density at radius 1 is 1.20 bits per heavy atom. The molecule has 2 rings (SSSR count). The summed E-state index contributed by atoms with van der Waals surface area (Å²) in [5.41, 5.74) is 2.00. The van der Waals surface area contributed by atoms with Gasteiger partial charge in [-0.15, -0.1) is 0 Å². The third-order valence-corrected chi connectivity index (χ3v) is 3.81. The summed E-state index contributed by atoms with van der Waals surface area (Å²) in [4.78, 5) is 13.7. The summed E-state index contributed by atoms with van der Waals surface area (Å²) in [7, 11) is 2.19. The van der Waals surface area contributed by atoms with Crippen LogP contribution in [0.2, 0.25) is 0 Å². The van der Waals surface area contributed by atoms with Gasteiger partial charge in [-0.2, -0.15) is 0 Å². The molecule has 1 aliphatic heterocycles. The highest BCUT2D eigenvalue weighted by Crippen LogP contribution is 2.18. The lowest BCUT2D eigenvalue weighted by Crippen LogP contribution is -2.22. The highest BCUT2D eigenvalue weighted by atomic mass is 16.1. The van der Waals surface area contributed by atoms with Crippen LogP contribution in [0.3, 0.4) is 0 Å². The van der Waals surface area contributed by atoms with E-state index < -0.39 is 0 Å². The molecule has 0 spiro atoms. The molecule has 0 bridgehead atoms. The maximum absolute atomic E-state index is 11.3. The van der Waals surface area contributed by atoms with Gasteiger partial charge in [0.15, 0.2) is 0 Å². The molecule has 2 N–H and O–H groups in total. The zero-order valence-electron chi connectivity index (χ0n) is 12.5. The summed E-state index contributed by atoms with van der Waals surface area (Å²) in [6.07, 6.45) is 4.16. The van der Waals surface area contributed by atoms with Gasteiger partial charge >= 0.3 is 0 Å². The highest BCUT2D eigenvalue weighted by molar-refractivity contribution is 5.90. The van der Waals surface area contributed by atoms with Gasteiger partial charge in [0.1, 0.15) is 0 Å². The fourth-order valence-corrected chi connectivity index (χ4v) is 2.52. The lowest BCUT2D eigenvalue weighted by molar-refractivity contribution is -0.115. The molecule has 0 radical (unpaired) electrons. The monoisotopic (exact) mass is 275 g/mol. The third-order valence-electron chi connectivity index (χ3n) is 3.81. The molecule has 110 valence electrons. The Morgan fingerprint density at radius 2 is 1.90 bits per heavy atom. The molecule has 1 aromatic carbocycles. The maximum atomic E-state index is 11.3. The largest absolute Gasteiger partial charge is 0.382 e. The first-order valence-electron chi connectivity index (χ1n) is 7.52. The number of carbonyl (C=O) groups excluding carboxylic acids is 1. The second kappa shape index (κ2) is 7.29. The van der Waals surface area contributed by atoms with Crippen molar-refractivity contribution in [3.8, 4) is 0 Å². The number of anilines is 2. The van der Waals surface area contributed by atoms with Crippen molar-refractivity contribution in [3.05, 3.63) is 24.3 Å². The molecular weight excluding hydrogens is 250 g/mol. The number of amides is 1. The van der Waals surface area contributed by atoms with Crippen molar-refractivity contribution < 1.29 is 4.79 Å². The van der Waals surface area contributed by atoms with Gasteiger partial charge in [-0.3, -0.25) is 4.79 Å². The molecule has 4 heteroatoms. The molecule has 4 nitrogen and oxygen atoms in total. The number of benzene rings is 1. The van der Waals surface area contributed by atoms with E-state index in [9.17, 15) is 4.79 Å². The molecule has 20 heavy (non-hydrogen) atoms. The number of nitrogens with zero attached hydrogens (tertiary/aromatic N) is 1. The minimum absolute atomic E-state index is 0.0533. The Labute approximate surface area is 121 Å². The van der Waals surface area contributed by atoms with E-state index in [2.05, 4.69) is 22.6 Å². The van der Waals surface area contributed by atoms with E-state index in [0.717, 1.165) is 17.9 Å². The molecule has 1 atom stereocenters. The molecule has 1 heterocycles. The summed E-state index contributed by atoms with van der Waals surface area (Å²) in [5.74, 6) is 0.0533. The molecule has 0 saturated carbocycles. The van der Waals surface area contributed by atoms with Gasteiger partial charge in [0, 0.05) is 23.8 Å². The van der Waals surface area contributed by atoms with E-state index in [4.69, 9.17) is 0 Å². The first-order valence-corrected chi connectivity index (χ1v) is 7.52. The lowest BCUT2D eigenvalue weighted by atomic mass is 10.1. The van der Waals surface area contributed by atoms with E-state index in [0.29, 0.717) is 12.5 Å². The predicted octanol–water partition coefficient (Wildman–Crippen LogP) is 2.93. The maximum Gasteiger partial charge on any atom is 0.224 e. The molecule has 1 amide bonds. The summed E-state index contributed by atoms with van der Waals surface area (Å²) in [5, 5.41) is 6.46. The molecule has 0 aromatic heterocycles. The van der Waals surface area contributed by atoms with E-state index in [1.807, 2.05) is 31.2 Å². The number of carbonyl (C=O) groups is 1. The normalized spacial score (nSPS) is 20.2. The number of likely N-dealkylation sites (tertiary alicyclic amines) is 1. The van der Waals surface area contributed by atoms with Crippen LogP contribution in [0.1, 0.15) is 32.6 Å². The highest BCUT2D eigenvalue weighted by Gasteiger charge is 2.14. The zero-order chi connectivity index (χ0) is 14.4. The summed E-state index contributed by atoms with van der Waals surface area (Å²) < 4.78 is 0. The van der Waals surface area contributed by atoms with Crippen LogP contribution in [0, 0.1) is 0 Å². The van der Waals surface area contributed by atoms with E-state index in [1.165, 1.54) is 25.8 Å². The van der Waals surface area contributed by atoms with Crippen LogP contribution in [0.15, 0.2) is 24.3 Å². The van der Waals surface area contributed by atoms with Crippen molar-refractivity contribution in [2.45, 2.75) is 38.6 Å². The Balaban J connectivity index is 1.88. The number of hydrogen-bond acceptors (Lipinski definition) is 3. The van der Waals surface area contributed by atoms with Crippen molar-refractivity contribution in [1.82, 2.24) is 4.90 Å². The van der Waals surface area contributed by atoms with E-state index in [-0.39, 0.29) is 5.91 Å². The molecule has 1 saturated heterocycles. The lowest BCUT2D eigenvalue weighted by Gasteiger charge is -2.18. The SMILES string of the molecule is CCC(=O)Nc1ccc(NC2CCCN(C)CC2)cc1. The summed E-state index contributed by atoms with van der Waals surface area (Å²) >= 11 is 0. The van der Waals surface area contributed by atoms with Crippen molar-refractivity contribution in [3.63, 3.8) is 0 Å². The first kappa shape index (κ1) is 14.9. The topological polar surface area (TPSA) is 44.4 Å². The van der Waals surface area contributed by atoms with Gasteiger partial charge < -0.3 is 15.5 Å². The average molecular weight is 275 g/mol. The quantitative estimate of drug-likeness (QED) is 0.888. The van der Waals surface area contributed by atoms with Gasteiger partial charge in [0.05, 0.1) is 0 Å². The Kier molecular flexibility index (Phi) is 5.41.